The highest BCUT2D eigenvalue weighted by atomic mass is 79.9. The highest BCUT2D eigenvalue weighted by Crippen LogP contribution is 2.34. The molecule has 1 aromatic heterocycles. The number of aromatic nitrogens is 2. The molecule has 3 rings (SSSR count). The van der Waals surface area contributed by atoms with E-state index in [4.69, 9.17) is 0 Å². The Labute approximate surface area is 109 Å². The third-order valence-corrected chi connectivity index (χ3v) is 3.73. The van der Waals surface area contributed by atoms with Crippen LogP contribution in [0.15, 0.2) is 17.2 Å². The van der Waals surface area contributed by atoms with Gasteiger partial charge >= 0.3 is 0 Å². The molecule has 2 aliphatic carbocycles. The largest absolute Gasteiger partial charge is 0.348 e. The second-order valence-corrected chi connectivity index (χ2v) is 5.60. The van der Waals surface area contributed by atoms with Crippen molar-refractivity contribution in [3.8, 4) is 0 Å². The third-order valence-electron chi connectivity index (χ3n) is 3.38. The van der Waals surface area contributed by atoms with Crippen LogP contribution in [0.3, 0.4) is 0 Å². The zero-order valence-electron chi connectivity index (χ0n) is 9.68. The van der Waals surface area contributed by atoms with Crippen LogP contribution in [-0.2, 0) is 0 Å². The van der Waals surface area contributed by atoms with E-state index in [9.17, 15) is 4.79 Å². The molecular formula is C12H16BrN3O. The fourth-order valence-electron chi connectivity index (χ4n) is 2.19. The molecule has 0 unspecified atom stereocenters. The molecule has 1 heterocycles. The van der Waals surface area contributed by atoms with Gasteiger partial charge in [0, 0.05) is 36.4 Å². The van der Waals surface area contributed by atoms with Gasteiger partial charge in [-0.3, -0.25) is 4.79 Å². The quantitative estimate of drug-likeness (QED) is 0.780. The average molecular weight is 298 g/mol. The Morgan fingerprint density at radius 1 is 1.41 bits per heavy atom. The van der Waals surface area contributed by atoms with Crippen LogP contribution in [0.2, 0.25) is 0 Å². The van der Waals surface area contributed by atoms with Crippen molar-refractivity contribution in [3.63, 3.8) is 0 Å². The van der Waals surface area contributed by atoms with E-state index in [1.807, 2.05) is 10.8 Å². The number of nitrogens with zero attached hydrogens (tertiary/aromatic N) is 3. The minimum absolute atomic E-state index is 0.0860. The topological polar surface area (TPSA) is 38.1 Å². The van der Waals surface area contributed by atoms with E-state index in [1.54, 1.807) is 6.20 Å². The molecule has 0 bridgehead atoms. The van der Waals surface area contributed by atoms with Gasteiger partial charge < -0.3 is 9.47 Å². The Morgan fingerprint density at radius 3 is 2.76 bits per heavy atom. The minimum atomic E-state index is 0.0860. The van der Waals surface area contributed by atoms with Gasteiger partial charge in [0.15, 0.2) is 5.82 Å². The molecule has 0 atom stereocenters. The zero-order valence-corrected chi connectivity index (χ0v) is 11.3. The Bertz CT molecular complexity index is 465. The lowest BCUT2D eigenvalue weighted by Gasteiger charge is -2.22. The Kier molecular flexibility index (Phi) is 2.94. The van der Waals surface area contributed by atoms with Gasteiger partial charge in [-0.15, -0.1) is 0 Å². The highest BCUT2D eigenvalue weighted by molar-refractivity contribution is 9.09. The molecule has 1 aromatic rings. The van der Waals surface area contributed by atoms with Crippen molar-refractivity contribution in [2.45, 2.75) is 37.8 Å². The van der Waals surface area contributed by atoms with Gasteiger partial charge in [-0.1, -0.05) is 15.9 Å². The summed E-state index contributed by atoms with van der Waals surface area (Å²) in [6.45, 7) is 0.863. The molecule has 4 nitrogen and oxygen atoms in total. The number of rotatable bonds is 5. The molecule has 0 aliphatic heterocycles. The summed E-state index contributed by atoms with van der Waals surface area (Å²) in [6.07, 6.45) is 8.22. The standard InChI is InChI=1S/C12H16BrN3O/c13-5-7-15(9-1-2-9)11-12(17)16(8-6-14-11)10-3-4-10/h6,8-10H,1-5,7H2. The van der Waals surface area contributed by atoms with Crippen molar-refractivity contribution in [1.29, 1.82) is 0 Å². The van der Waals surface area contributed by atoms with E-state index in [0.717, 1.165) is 24.7 Å². The first kappa shape index (κ1) is 11.3. The second kappa shape index (κ2) is 4.44. The predicted octanol–water partition coefficient (Wildman–Crippen LogP) is 1.94. The predicted molar refractivity (Wildman–Crippen MR) is 70.9 cm³/mol. The normalized spacial score (nSPS) is 19.4. The Balaban J connectivity index is 1.94. The molecule has 2 fully saturated rings. The summed E-state index contributed by atoms with van der Waals surface area (Å²) < 4.78 is 1.85. The van der Waals surface area contributed by atoms with Crippen LogP contribution in [0, 0.1) is 0 Å². The van der Waals surface area contributed by atoms with E-state index in [2.05, 4.69) is 25.8 Å². The van der Waals surface area contributed by atoms with Crippen molar-refractivity contribution in [1.82, 2.24) is 9.55 Å². The summed E-state index contributed by atoms with van der Waals surface area (Å²) in [5.74, 6) is 0.640. The average Bonchev–Trinajstić information content (AvgIpc) is 3.17. The number of halogens is 1. The maximum atomic E-state index is 12.3. The molecule has 92 valence electrons. The Morgan fingerprint density at radius 2 is 2.18 bits per heavy atom. The Hall–Kier alpha value is -0.840. The molecule has 17 heavy (non-hydrogen) atoms. The van der Waals surface area contributed by atoms with Crippen LogP contribution >= 0.6 is 15.9 Å². The number of anilines is 1. The van der Waals surface area contributed by atoms with Crippen molar-refractivity contribution in [3.05, 3.63) is 22.7 Å². The lowest BCUT2D eigenvalue weighted by Crippen LogP contribution is -2.36. The van der Waals surface area contributed by atoms with Gasteiger partial charge in [0.05, 0.1) is 0 Å². The molecule has 0 amide bonds. The zero-order chi connectivity index (χ0) is 11.8. The highest BCUT2D eigenvalue weighted by Gasteiger charge is 2.32. The first-order chi connectivity index (χ1) is 8.31. The number of hydrogen-bond donors (Lipinski definition) is 0. The maximum Gasteiger partial charge on any atom is 0.293 e. The fraction of sp³-hybridized carbons (Fsp3) is 0.667. The van der Waals surface area contributed by atoms with Gasteiger partial charge in [-0.05, 0) is 25.7 Å². The molecule has 0 N–H and O–H groups in total. The first-order valence-corrected chi connectivity index (χ1v) is 7.33. The number of alkyl halides is 1. The van der Waals surface area contributed by atoms with Crippen LogP contribution in [0.5, 0.6) is 0 Å². The van der Waals surface area contributed by atoms with E-state index in [1.165, 1.54) is 12.8 Å². The molecule has 5 heteroatoms. The smallest absolute Gasteiger partial charge is 0.293 e. The van der Waals surface area contributed by atoms with Crippen molar-refractivity contribution < 1.29 is 0 Å². The molecular weight excluding hydrogens is 282 g/mol. The van der Waals surface area contributed by atoms with E-state index >= 15 is 0 Å². The van der Waals surface area contributed by atoms with E-state index < -0.39 is 0 Å². The fourth-order valence-corrected chi connectivity index (χ4v) is 2.57. The molecule has 0 aromatic carbocycles. The molecule has 2 saturated carbocycles. The van der Waals surface area contributed by atoms with Gasteiger partial charge in [0.1, 0.15) is 0 Å². The van der Waals surface area contributed by atoms with Crippen LogP contribution in [0.4, 0.5) is 5.82 Å². The first-order valence-electron chi connectivity index (χ1n) is 6.21. The lowest BCUT2D eigenvalue weighted by molar-refractivity contribution is 0.683. The molecule has 0 spiro atoms. The summed E-state index contributed by atoms with van der Waals surface area (Å²) in [7, 11) is 0. The van der Waals surface area contributed by atoms with Crippen molar-refractivity contribution >= 4 is 21.7 Å². The van der Waals surface area contributed by atoms with E-state index in [-0.39, 0.29) is 5.56 Å². The SMILES string of the molecule is O=c1c(N(CCBr)C2CC2)nccn1C1CC1. The number of hydrogen-bond acceptors (Lipinski definition) is 3. The van der Waals surface area contributed by atoms with Crippen LogP contribution in [0.25, 0.3) is 0 Å². The summed E-state index contributed by atoms with van der Waals surface area (Å²) >= 11 is 3.45. The van der Waals surface area contributed by atoms with Crippen molar-refractivity contribution in [2.24, 2.45) is 0 Å². The summed E-state index contributed by atoms with van der Waals surface area (Å²) in [6, 6.07) is 0.956. The third kappa shape index (κ3) is 2.25. The maximum absolute atomic E-state index is 12.3. The minimum Gasteiger partial charge on any atom is -0.348 e. The lowest BCUT2D eigenvalue weighted by atomic mass is 10.4. The summed E-state index contributed by atoms with van der Waals surface area (Å²) in [5.41, 5.74) is 0.0860. The summed E-state index contributed by atoms with van der Waals surface area (Å²) in [5, 5.41) is 0.878. The second-order valence-electron chi connectivity index (χ2n) is 4.81. The van der Waals surface area contributed by atoms with Gasteiger partial charge in [-0.2, -0.15) is 0 Å². The summed E-state index contributed by atoms with van der Waals surface area (Å²) in [4.78, 5) is 18.8. The van der Waals surface area contributed by atoms with Crippen molar-refractivity contribution in [2.75, 3.05) is 16.8 Å². The van der Waals surface area contributed by atoms with Gasteiger partial charge in [0.25, 0.3) is 5.56 Å². The van der Waals surface area contributed by atoms with Crippen LogP contribution in [0.1, 0.15) is 31.7 Å². The monoisotopic (exact) mass is 297 g/mol. The van der Waals surface area contributed by atoms with Crippen LogP contribution in [-0.4, -0.2) is 27.5 Å². The van der Waals surface area contributed by atoms with E-state index in [0.29, 0.717) is 17.9 Å². The molecule has 2 aliphatic rings. The van der Waals surface area contributed by atoms with Crippen LogP contribution < -0.4 is 10.5 Å². The van der Waals surface area contributed by atoms with Gasteiger partial charge in [0.2, 0.25) is 0 Å². The molecule has 0 radical (unpaired) electrons. The van der Waals surface area contributed by atoms with Gasteiger partial charge in [-0.25, -0.2) is 4.98 Å². The molecule has 0 saturated heterocycles.